The van der Waals surface area contributed by atoms with E-state index in [2.05, 4.69) is 24.1 Å². The molecule has 7 heavy (non-hydrogen) atoms. The highest BCUT2D eigenvalue weighted by atomic mass is 15.2. The molecule has 1 heterocycles. The summed E-state index contributed by atoms with van der Waals surface area (Å²) in [4.78, 5) is 0. The summed E-state index contributed by atoms with van der Waals surface area (Å²) < 4.78 is 0. The van der Waals surface area contributed by atoms with E-state index < -0.39 is 0 Å². The lowest BCUT2D eigenvalue weighted by molar-refractivity contribution is 0.531. The first kappa shape index (κ1) is 4.75. The predicted molar refractivity (Wildman–Crippen MR) is 28.4 cm³/mol. The van der Waals surface area contributed by atoms with Crippen LogP contribution in [0.1, 0.15) is 20.3 Å². The molecular formula is C5H10N2. The first-order chi connectivity index (χ1) is 3.21. The zero-order valence-corrected chi connectivity index (χ0v) is 4.81. The van der Waals surface area contributed by atoms with E-state index in [0.29, 0.717) is 0 Å². The molecular weight excluding hydrogens is 88.1 g/mol. The lowest BCUT2D eigenvalue weighted by Crippen LogP contribution is -2.11. The molecule has 0 saturated heterocycles. The summed E-state index contributed by atoms with van der Waals surface area (Å²) in [6.07, 6.45) is 1.12. The van der Waals surface area contributed by atoms with E-state index in [1.54, 1.807) is 0 Å². The molecule has 0 aliphatic carbocycles. The van der Waals surface area contributed by atoms with Gasteiger partial charge in [-0.1, -0.05) is 0 Å². The lowest BCUT2D eigenvalue weighted by Gasteiger charge is -2.07. The number of rotatable bonds is 0. The van der Waals surface area contributed by atoms with E-state index in [1.807, 2.05) is 0 Å². The molecule has 0 bridgehead atoms. The molecule has 0 aromatic rings. The molecule has 0 fully saturated rings. The van der Waals surface area contributed by atoms with Crippen molar-refractivity contribution in [1.82, 2.24) is 0 Å². The standard InChI is InChI=1S/C5H10N2/c1-5(2)3-4-6-7-5/h3-4H2,1-2H3. The molecule has 1 rings (SSSR count). The maximum atomic E-state index is 3.99. The monoisotopic (exact) mass is 98.1 g/mol. The van der Waals surface area contributed by atoms with Crippen molar-refractivity contribution in [3.05, 3.63) is 0 Å². The first-order valence-corrected chi connectivity index (χ1v) is 2.59. The van der Waals surface area contributed by atoms with Gasteiger partial charge in [-0.15, -0.1) is 0 Å². The zero-order chi connectivity index (χ0) is 5.33. The van der Waals surface area contributed by atoms with Gasteiger partial charge in [-0.3, -0.25) is 0 Å². The maximum Gasteiger partial charge on any atom is 0.0778 e. The Hall–Kier alpha value is -0.400. The normalized spacial score (nSPS) is 26.0. The van der Waals surface area contributed by atoms with E-state index in [1.165, 1.54) is 0 Å². The topological polar surface area (TPSA) is 24.7 Å². The highest BCUT2D eigenvalue weighted by Gasteiger charge is 2.19. The number of nitrogens with zero attached hydrogens (tertiary/aromatic N) is 2. The summed E-state index contributed by atoms with van der Waals surface area (Å²) in [5.41, 5.74) is 0.153. The fraction of sp³-hybridized carbons (Fsp3) is 1.00. The van der Waals surface area contributed by atoms with Crippen molar-refractivity contribution in [2.75, 3.05) is 6.54 Å². The smallest absolute Gasteiger partial charge is 0.0778 e. The molecule has 2 nitrogen and oxygen atoms in total. The van der Waals surface area contributed by atoms with Crippen LogP contribution >= 0.6 is 0 Å². The Morgan fingerprint density at radius 1 is 1.43 bits per heavy atom. The fourth-order valence-corrected chi connectivity index (χ4v) is 0.615. The molecule has 0 atom stereocenters. The minimum absolute atomic E-state index is 0.153. The Kier molecular flexibility index (Phi) is 0.873. The van der Waals surface area contributed by atoms with Gasteiger partial charge in [0.2, 0.25) is 0 Å². The fourth-order valence-electron chi connectivity index (χ4n) is 0.615. The zero-order valence-electron chi connectivity index (χ0n) is 4.81. The van der Waals surface area contributed by atoms with Crippen LogP contribution in [0, 0.1) is 0 Å². The lowest BCUT2D eigenvalue weighted by atomic mass is 10.0. The molecule has 2 heteroatoms. The summed E-state index contributed by atoms with van der Waals surface area (Å²) in [6, 6.07) is 0. The molecule has 0 aromatic heterocycles. The van der Waals surface area contributed by atoms with E-state index in [0.717, 1.165) is 13.0 Å². The van der Waals surface area contributed by atoms with Crippen molar-refractivity contribution in [3.63, 3.8) is 0 Å². The summed E-state index contributed by atoms with van der Waals surface area (Å²) in [6.45, 7) is 5.12. The van der Waals surface area contributed by atoms with E-state index in [9.17, 15) is 0 Å². The van der Waals surface area contributed by atoms with Crippen LogP contribution in [0.5, 0.6) is 0 Å². The molecule has 0 N–H and O–H groups in total. The Balaban J connectivity index is 2.57. The molecule has 0 saturated carbocycles. The highest BCUT2D eigenvalue weighted by molar-refractivity contribution is 4.80. The predicted octanol–water partition coefficient (Wildman–Crippen LogP) is 1.62. The Morgan fingerprint density at radius 3 is 2.29 bits per heavy atom. The van der Waals surface area contributed by atoms with E-state index in [4.69, 9.17) is 0 Å². The van der Waals surface area contributed by atoms with Crippen molar-refractivity contribution in [1.29, 1.82) is 0 Å². The minimum atomic E-state index is 0.153. The van der Waals surface area contributed by atoms with Gasteiger partial charge in [0.15, 0.2) is 0 Å². The summed E-state index contributed by atoms with van der Waals surface area (Å²) in [5.74, 6) is 0. The molecule has 0 aromatic carbocycles. The van der Waals surface area contributed by atoms with Gasteiger partial charge in [0.1, 0.15) is 0 Å². The van der Waals surface area contributed by atoms with Gasteiger partial charge in [0, 0.05) is 0 Å². The second kappa shape index (κ2) is 1.29. The second-order valence-electron chi connectivity index (χ2n) is 2.53. The van der Waals surface area contributed by atoms with Crippen LogP contribution in [0.3, 0.4) is 0 Å². The number of azo groups is 1. The largest absolute Gasteiger partial charge is 0.194 e. The molecule has 40 valence electrons. The van der Waals surface area contributed by atoms with Crippen LogP contribution < -0.4 is 0 Å². The molecule has 1 aliphatic heterocycles. The van der Waals surface area contributed by atoms with Crippen molar-refractivity contribution in [2.24, 2.45) is 10.2 Å². The first-order valence-electron chi connectivity index (χ1n) is 2.59. The maximum absolute atomic E-state index is 3.99. The Bertz CT molecular complexity index is 94.3. The third kappa shape index (κ3) is 0.981. The van der Waals surface area contributed by atoms with E-state index >= 15 is 0 Å². The van der Waals surface area contributed by atoms with Crippen LogP contribution in [0.4, 0.5) is 0 Å². The third-order valence-electron chi connectivity index (χ3n) is 1.17. The Labute approximate surface area is 43.6 Å². The summed E-state index contributed by atoms with van der Waals surface area (Å²) in [5, 5.41) is 7.85. The summed E-state index contributed by atoms with van der Waals surface area (Å²) >= 11 is 0. The van der Waals surface area contributed by atoms with Crippen molar-refractivity contribution < 1.29 is 0 Å². The van der Waals surface area contributed by atoms with Gasteiger partial charge in [-0.05, 0) is 20.3 Å². The van der Waals surface area contributed by atoms with Crippen LogP contribution in [-0.2, 0) is 0 Å². The third-order valence-corrected chi connectivity index (χ3v) is 1.17. The highest BCUT2D eigenvalue weighted by Crippen LogP contribution is 2.19. The van der Waals surface area contributed by atoms with Crippen LogP contribution in [0.2, 0.25) is 0 Å². The van der Waals surface area contributed by atoms with E-state index in [-0.39, 0.29) is 5.54 Å². The second-order valence-corrected chi connectivity index (χ2v) is 2.53. The van der Waals surface area contributed by atoms with Crippen molar-refractivity contribution in [3.8, 4) is 0 Å². The SMILES string of the molecule is CC1(C)CCN=N1. The summed E-state index contributed by atoms with van der Waals surface area (Å²) in [7, 11) is 0. The van der Waals surface area contributed by atoms with Gasteiger partial charge in [0.25, 0.3) is 0 Å². The minimum Gasteiger partial charge on any atom is -0.194 e. The van der Waals surface area contributed by atoms with Crippen LogP contribution in [0.25, 0.3) is 0 Å². The van der Waals surface area contributed by atoms with Crippen molar-refractivity contribution in [2.45, 2.75) is 25.8 Å². The molecule has 0 amide bonds. The average Bonchev–Trinajstić information content (AvgIpc) is 1.84. The van der Waals surface area contributed by atoms with Gasteiger partial charge in [-0.25, -0.2) is 0 Å². The average molecular weight is 98.1 g/mol. The Morgan fingerprint density at radius 2 is 2.14 bits per heavy atom. The quantitative estimate of drug-likeness (QED) is 0.440. The van der Waals surface area contributed by atoms with Crippen LogP contribution in [-0.4, -0.2) is 12.1 Å². The van der Waals surface area contributed by atoms with Gasteiger partial charge >= 0.3 is 0 Å². The van der Waals surface area contributed by atoms with Crippen molar-refractivity contribution >= 4 is 0 Å². The number of hydrogen-bond acceptors (Lipinski definition) is 2. The molecule has 0 radical (unpaired) electrons. The molecule has 0 spiro atoms. The van der Waals surface area contributed by atoms with Crippen LogP contribution in [0.15, 0.2) is 10.2 Å². The molecule has 0 unspecified atom stereocenters. The van der Waals surface area contributed by atoms with Gasteiger partial charge in [0.05, 0.1) is 12.1 Å². The number of hydrogen-bond donors (Lipinski definition) is 0. The van der Waals surface area contributed by atoms with Gasteiger partial charge in [-0.2, -0.15) is 10.2 Å². The van der Waals surface area contributed by atoms with Gasteiger partial charge < -0.3 is 0 Å². The molecule has 1 aliphatic rings.